The highest BCUT2D eigenvalue weighted by atomic mass is 32.2. The van der Waals surface area contributed by atoms with Gasteiger partial charge < -0.3 is 0 Å². The van der Waals surface area contributed by atoms with Gasteiger partial charge in [-0.3, -0.25) is 4.90 Å². The maximum Gasteiger partial charge on any atom is 0.243 e. The number of thiophene rings is 1. The van der Waals surface area contributed by atoms with Crippen molar-refractivity contribution in [3.63, 3.8) is 0 Å². The normalized spacial score (nSPS) is 15.9. The van der Waals surface area contributed by atoms with Crippen LogP contribution in [0, 0.1) is 5.82 Å². The van der Waals surface area contributed by atoms with E-state index in [4.69, 9.17) is 0 Å². The topological polar surface area (TPSA) is 49.4 Å². The molecule has 1 aliphatic heterocycles. The molecule has 3 aromatic rings. The smallest absolute Gasteiger partial charge is 0.243 e. The first kappa shape index (κ1) is 19.3. The number of hydrogen-bond donors (Lipinski definition) is 1. The maximum atomic E-state index is 14.0. The fraction of sp³-hybridized carbons (Fsp3) is 0.238. The fourth-order valence-corrected chi connectivity index (χ4v) is 5.46. The van der Waals surface area contributed by atoms with Gasteiger partial charge in [-0.1, -0.05) is 36.4 Å². The molecule has 0 saturated carbocycles. The minimum absolute atomic E-state index is 0.110. The van der Waals surface area contributed by atoms with Gasteiger partial charge in [0.15, 0.2) is 0 Å². The van der Waals surface area contributed by atoms with E-state index in [0.717, 1.165) is 31.1 Å². The van der Waals surface area contributed by atoms with Crippen molar-refractivity contribution in [1.82, 2.24) is 9.62 Å². The second kappa shape index (κ2) is 8.13. The summed E-state index contributed by atoms with van der Waals surface area (Å²) in [4.78, 5) is 1.97. The Morgan fingerprint density at radius 1 is 1.07 bits per heavy atom. The summed E-state index contributed by atoms with van der Waals surface area (Å²) in [5, 5.41) is 4.04. The monoisotopic (exact) mass is 416 g/mol. The fourth-order valence-electron chi connectivity index (χ4n) is 3.64. The van der Waals surface area contributed by atoms with Crippen molar-refractivity contribution in [2.45, 2.75) is 23.9 Å². The van der Waals surface area contributed by atoms with E-state index in [2.05, 4.69) is 21.8 Å². The molecule has 0 aliphatic carbocycles. The summed E-state index contributed by atoms with van der Waals surface area (Å²) in [5.74, 6) is -0.742. The number of nitrogens with one attached hydrogen (secondary N) is 1. The van der Waals surface area contributed by atoms with E-state index in [1.807, 2.05) is 29.0 Å². The number of nitrogens with zero attached hydrogens (tertiary/aromatic N) is 1. The summed E-state index contributed by atoms with van der Waals surface area (Å²) in [7, 11) is -3.92. The molecule has 1 atom stereocenters. The quantitative estimate of drug-likeness (QED) is 0.662. The number of hydrogen-bond acceptors (Lipinski definition) is 4. The lowest BCUT2D eigenvalue weighted by atomic mass is 9.97. The Morgan fingerprint density at radius 2 is 1.82 bits per heavy atom. The van der Waals surface area contributed by atoms with Gasteiger partial charge in [-0.05, 0) is 52.1 Å². The molecule has 0 radical (unpaired) electrons. The largest absolute Gasteiger partial charge is 0.290 e. The minimum Gasteiger partial charge on any atom is -0.290 e. The molecule has 2 heterocycles. The third kappa shape index (κ3) is 4.03. The van der Waals surface area contributed by atoms with Crippen LogP contribution in [0.3, 0.4) is 0 Å². The van der Waals surface area contributed by atoms with Crippen molar-refractivity contribution >= 4 is 21.4 Å². The van der Waals surface area contributed by atoms with Crippen molar-refractivity contribution in [3.05, 3.63) is 87.9 Å². The second-order valence-corrected chi connectivity index (χ2v) is 9.36. The highest BCUT2D eigenvalue weighted by Gasteiger charge is 2.27. The van der Waals surface area contributed by atoms with Gasteiger partial charge in [-0.2, -0.15) is 11.3 Å². The number of rotatable bonds is 6. The van der Waals surface area contributed by atoms with E-state index in [-0.39, 0.29) is 17.5 Å². The first-order valence-corrected chi connectivity index (χ1v) is 11.5. The van der Waals surface area contributed by atoms with E-state index < -0.39 is 15.8 Å². The molecule has 1 aliphatic rings. The molecule has 7 heteroatoms. The number of sulfonamides is 1. The second-order valence-electron chi connectivity index (χ2n) is 6.84. The number of fused-ring (bicyclic) bond motifs is 1. The van der Waals surface area contributed by atoms with Crippen LogP contribution in [-0.4, -0.2) is 26.4 Å². The molecule has 28 heavy (non-hydrogen) atoms. The first-order valence-electron chi connectivity index (χ1n) is 9.12. The van der Waals surface area contributed by atoms with Gasteiger partial charge in [0.25, 0.3) is 0 Å². The molecule has 0 bridgehead atoms. The zero-order valence-corrected chi connectivity index (χ0v) is 16.8. The Kier molecular flexibility index (Phi) is 5.59. The van der Waals surface area contributed by atoms with E-state index in [9.17, 15) is 12.8 Å². The van der Waals surface area contributed by atoms with E-state index >= 15 is 0 Å². The molecule has 0 spiro atoms. The molecule has 0 amide bonds. The van der Waals surface area contributed by atoms with Crippen LogP contribution in [0.5, 0.6) is 0 Å². The summed E-state index contributed by atoms with van der Waals surface area (Å²) in [6, 6.07) is 15.7. The molecule has 0 unspecified atom stereocenters. The molecule has 2 aromatic carbocycles. The summed E-state index contributed by atoms with van der Waals surface area (Å²) < 4.78 is 41.9. The van der Waals surface area contributed by atoms with Crippen molar-refractivity contribution in [2.75, 3.05) is 13.1 Å². The minimum atomic E-state index is -3.92. The van der Waals surface area contributed by atoms with Crippen molar-refractivity contribution < 1.29 is 12.8 Å². The Bertz CT molecular complexity index is 1050. The Hall–Kier alpha value is -2.06. The lowest BCUT2D eigenvalue weighted by Crippen LogP contribution is -2.40. The van der Waals surface area contributed by atoms with E-state index in [1.165, 1.54) is 29.3 Å². The van der Waals surface area contributed by atoms with Gasteiger partial charge in [0, 0.05) is 25.7 Å². The van der Waals surface area contributed by atoms with E-state index in [0.29, 0.717) is 0 Å². The first-order chi connectivity index (χ1) is 13.5. The van der Waals surface area contributed by atoms with Gasteiger partial charge in [-0.15, -0.1) is 0 Å². The molecule has 1 aromatic heterocycles. The Balaban J connectivity index is 1.56. The third-order valence-electron chi connectivity index (χ3n) is 5.12. The van der Waals surface area contributed by atoms with Crippen molar-refractivity contribution in [3.8, 4) is 0 Å². The SMILES string of the molecule is O=S(=O)(NC[C@H](c1ccsc1)N1CCc2ccccc2C1)c1ccccc1F. The van der Waals surface area contributed by atoms with Gasteiger partial charge in [0.1, 0.15) is 10.7 Å². The summed E-state index contributed by atoms with van der Waals surface area (Å²) in [6.45, 7) is 1.80. The van der Waals surface area contributed by atoms with Crippen LogP contribution < -0.4 is 4.72 Å². The number of halogens is 1. The van der Waals surface area contributed by atoms with Crippen LogP contribution in [0.25, 0.3) is 0 Å². The summed E-state index contributed by atoms with van der Waals surface area (Å²) in [5.41, 5.74) is 3.68. The number of benzene rings is 2. The van der Waals surface area contributed by atoms with Crippen molar-refractivity contribution in [1.29, 1.82) is 0 Å². The van der Waals surface area contributed by atoms with E-state index in [1.54, 1.807) is 11.3 Å². The van der Waals surface area contributed by atoms with Gasteiger partial charge in [-0.25, -0.2) is 17.5 Å². The van der Waals surface area contributed by atoms with Crippen molar-refractivity contribution in [2.24, 2.45) is 0 Å². The molecule has 1 N–H and O–H groups in total. The Morgan fingerprint density at radius 3 is 2.57 bits per heavy atom. The van der Waals surface area contributed by atoms with Crippen LogP contribution in [0.2, 0.25) is 0 Å². The molecule has 146 valence electrons. The molecule has 4 rings (SSSR count). The van der Waals surface area contributed by atoms with Gasteiger partial charge in [0.2, 0.25) is 10.0 Å². The average Bonchev–Trinajstić information content (AvgIpc) is 3.22. The molecular weight excluding hydrogens is 395 g/mol. The van der Waals surface area contributed by atoms with Crippen LogP contribution in [-0.2, 0) is 23.0 Å². The third-order valence-corrected chi connectivity index (χ3v) is 7.28. The van der Waals surface area contributed by atoms with Crippen LogP contribution >= 0.6 is 11.3 Å². The highest BCUT2D eigenvalue weighted by molar-refractivity contribution is 7.89. The standard InChI is InChI=1S/C21H21FN2O2S2/c22-19-7-3-4-8-21(19)28(25,26)23-13-20(18-10-12-27-15-18)24-11-9-16-5-1-2-6-17(16)14-24/h1-8,10,12,15,20,23H,9,11,13-14H2/t20-/m1/s1. The average molecular weight is 417 g/mol. The van der Waals surface area contributed by atoms with Crippen LogP contribution in [0.15, 0.2) is 70.3 Å². The molecule has 4 nitrogen and oxygen atoms in total. The zero-order chi connectivity index (χ0) is 19.6. The molecular formula is C21H21FN2O2S2. The summed E-state index contributed by atoms with van der Waals surface area (Å²) >= 11 is 1.59. The zero-order valence-electron chi connectivity index (χ0n) is 15.2. The van der Waals surface area contributed by atoms with Gasteiger partial charge in [0.05, 0.1) is 0 Å². The maximum absolute atomic E-state index is 14.0. The molecule has 0 saturated heterocycles. The van der Waals surface area contributed by atoms with Crippen LogP contribution in [0.1, 0.15) is 22.7 Å². The predicted octanol–water partition coefficient (Wildman–Crippen LogP) is 3.97. The Labute approximate surface area is 168 Å². The van der Waals surface area contributed by atoms with Gasteiger partial charge >= 0.3 is 0 Å². The van der Waals surface area contributed by atoms with Crippen LogP contribution in [0.4, 0.5) is 4.39 Å². The predicted molar refractivity (Wildman–Crippen MR) is 109 cm³/mol. The summed E-state index contributed by atoms with van der Waals surface area (Å²) in [6.07, 6.45) is 0.927. The lowest BCUT2D eigenvalue weighted by molar-refractivity contribution is 0.180. The lowest BCUT2D eigenvalue weighted by Gasteiger charge is -2.35. The molecule has 0 fully saturated rings. The highest BCUT2D eigenvalue weighted by Crippen LogP contribution is 2.29.